The van der Waals surface area contributed by atoms with Crippen molar-refractivity contribution in [3.63, 3.8) is 0 Å². The van der Waals surface area contributed by atoms with Gasteiger partial charge in [-0.3, -0.25) is 5.32 Å². The summed E-state index contributed by atoms with van der Waals surface area (Å²) in [6.07, 6.45) is 1.70. The van der Waals surface area contributed by atoms with Gasteiger partial charge in [-0.1, -0.05) is 6.07 Å². The molecule has 2 atom stereocenters. The van der Waals surface area contributed by atoms with E-state index in [2.05, 4.69) is 27.3 Å². The normalized spacial score (nSPS) is 23.5. The topological polar surface area (TPSA) is 73.9 Å². The predicted molar refractivity (Wildman–Crippen MR) is 92.2 cm³/mol. The number of carbonyl (C=O) groups is 2. The van der Waals surface area contributed by atoms with E-state index in [0.29, 0.717) is 23.3 Å². The molecule has 2 aliphatic rings. The summed E-state index contributed by atoms with van der Waals surface area (Å²) in [5.41, 5.74) is 1.23. The highest BCUT2D eigenvalue weighted by Crippen LogP contribution is 2.31. The molecule has 2 saturated heterocycles. The molecule has 3 rings (SSSR count). The molecule has 3 amide bonds. The van der Waals surface area contributed by atoms with Gasteiger partial charge in [0.2, 0.25) is 0 Å². The number of ether oxygens (including phenoxy) is 1. The van der Waals surface area contributed by atoms with Crippen molar-refractivity contribution in [2.24, 2.45) is 5.92 Å². The number of methoxy groups -OCH3 is 1. The maximum absolute atomic E-state index is 12.7. The van der Waals surface area contributed by atoms with Crippen LogP contribution >= 0.6 is 0 Å². The SMILES string of the molecule is COC(=O)Nc1cccc(NC(=O)N2CC[C@@H]3CCN(C)C[C@@H]32)c1. The number of likely N-dealkylation sites (N-methyl/N-ethyl adjacent to an activating group) is 1. The van der Waals surface area contributed by atoms with E-state index in [-0.39, 0.29) is 6.03 Å². The zero-order valence-corrected chi connectivity index (χ0v) is 14.1. The lowest BCUT2D eigenvalue weighted by Crippen LogP contribution is -2.49. The summed E-state index contributed by atoms with van der Waals surface area (Å²) in [6.45, 7) is 2.84. The zero-order chi connectivity index (χ0) is 17.1. The lowest BCUT2D eigenvalue weighted by atomic mass is 9.92. The van der Waals surface area contributed by atoms with E-state index in [4.69, 9.17) is 0 Å². The van der Waals surface area contributed by atoms with Crippen LogP contribution in [0.25, 0.3) is 0 Å². The van der Waals surface area contributed by atoms with Gasteiger partial charge in [0.05, 0.1) is 7.11 Å². The largest absolute Gasteiger partial charge is 0.453 e. The Morgan fingerprint density at radius 3 is 2.62 bits per heavy atom. The van der Waals surface area contributed by atoms with Crippen molar-refractivity contribution < 1.29 is 14.3 Å². The molecule has 1 aromatic rings. The second-order valence-electron chi connectivity index (χ2n) is 6.49. The highest BCUT2D eigenvalue weighted by Gasteiger charge is 2.39. The molecule has 0 radical (unpaired) electrons. The van der Waals surface area contributed by atoms with Crippen molar-refractivity contribution in [1.29, 1.82) is 0 Å². The average molecular weight is 332 g/mol. The van der Waals surface area contributed by atoms with Gasteiger partial charge in [-0.2, -0.15) is 0 Å². The maximum Gasteiger partial charge on any atom is 0.411 e. The van der Waals surface area contributed by atoms with Crippen LogP contribution in [0.15, 0.2) is 24.3 Å². The van der Waals surface area contributed by atoms with Crippen LogP contribution in [0.3, 0.4) is 0 Å². The third-order valence-corrected chi connectivity index (χ3v) is 4.87. The number of likely N-dealkylation sites (tertiary alicyclic amines) is 2. The van der Waals surface area contributed by atoms with E-state index in [1.54, 1.807) is 24.3 Å². The van der Waals surface area contributed by atoms with Gasteiger partial charge >= 0.3 is 12.1 Å². The number of rotatable bonds is 2. The van der Waals surface area contributed by atoms with Gasteiger partial charge in [-0.15, -0.1) is 0 Å². The Balaban J connectivity index is 1.64. The number of nitrogens with zero attached hydrogens (tertiary/aromatic N) is 2. The number of nitrogens with one attached hydrogen (secondary N) is 2. The average Bonchev–Trinajstić information content (AvgIpc) is 2.98. The molecule has 2 N–H and O–H groups in total. The Kier molecular flexibility index (Phi) is 4.89. The van der Waals surface area contributed by atoms with E-state index in [1.807, 2.05) is 4.90 Å². The minimum absolute atomic E-state index is 0.0759. The summed E-state index contributed by atoms with van der Waals surface area (Å²) < 4.78 is 4.58. The van der Waals surface area contributed by atoms with Crippen molar-refractivity contribution >= 4 is 23.5 Å². The van der Waals surface area contributed by atoms with Crippen molar-refractivity contribution in [3.8, 4) is 0 Å². The number of piperidine rings is 1. The lowest BCUT2D eigenvalue weighted by molar-refractivity contribution is 0.137. The Labute approximate surface area is 141 Å². The molecule has 2 aliphatic heterocycles. The Bertz CT molecular complexity index is 622. The van der Waals surface area contributed by atoms with Crippen LogP contribution in [0.2, 0.25) is 0 Å². The first kappa shape index (κ1) is 16.6. The molecule has 0 aromatic heterocycles. The molecule has 1 aromatic carbocycles. The number of anilines is 2. The molecule has 0 aliphatic carbocycles. The molecule has 24 heavy (non-hydrogen) atoms. The molecule has 7 nitrogen and oxygen atoms in total. The van der Waals surface area contributed by atoms with Crippen LogP contribution in [0.5, 0.6) is 0 Å². The van der Waals surface area contributed by atoms with Crippen LogP contribution in [-0.4, -0.2) is 61.8 Å². The van der Waals surface area contributed by atoms with Gasteiger partial charge < -0.3 is 19.9 Å². The first-order chi connectivity index (χ1) is 11.6. The van der Waals surface area contributed by atoms with Crippen molar-refractivity contribution in [2.75, 3.05) is 44.4 Å². The molecular formula is C17H24N4O3. The van der Waals surface area contributed by atoms with Crippen LogP contribution < -0.4 is 10.6 Å². The van der Waals surface area contributed by atoms with Crippen LogP contribution in [0, 0.1) is 5.92 Å². The standard InChI is InChI=1S/C17H24N4O3/c1-20-8-6-12-7-9-21(15(12)11-20)16(22)18-13-4-3-5-14(10-13)19-17(23)24-2/h3-5,10,12,15H,6-9,11H2,1-2H3,(H,18,22)(H,19,23)/t12-,15-/m0/s1. The fourth-order valence-electron chi connectivity index (χ4n) is 3.59. The van der Waals surface area contributed by atoms with Crippen molar-refractivity contribution in [3.05, 3.63) is 24.3 Å². The van der Waals surface area contributed by atoms with Gasteiger partial charge in [0.1, 0.15) is 0 Å². The molecule has 2 heterocycles. The van der Waals surface area contributed by atoms with Crippen LogP contribution in [0.1, 0.15) is 12.8 Å². The number of fused-ring (bicyclic) bond motifs is 1. The molecule has 0 unspecified atom stereocenters. The summed E-state index contributed by atoms with van der Waals surface area (Å²) in [5.74, 6) is 0.610. The summed E-state index contributed by atoms with van der Waals surface area (Å²) in [7, 11) is 3.42. The van der Waals surface area contributed by atoms with Crippen LogP contribution in [-0.2, 0) is 4.74 Å². The third-order valence-electron chi connectivity index (χ3n) is 4.87. The molecule has 130 valence electrons. The Hall–Kier alpha value is -2.28. The fraction of sp³-hybridized carbons (Fsp3) is 0.529. The molecule has 0 saturated carbocycles. The maximum atomic E-state index is 12.7. The van der Waals surface area contributed by atoms with E-state index in [1.165, 1.54) is 7.11 Å². The van der Waals surface area contributed by atoms with E-state index >= 15 is 0 Å². The number of benzene rings is 1. The minimum atomic E-state index is -0.536. The van der Waals surface area contributed by atoms with Crippen molar-refractivity contribution in [1.82, 2.24) is 9.80 Å². The van der Waals surface area contributed by atoms with Gasteiger partial charge in [-0.05, 0) is 50.6 Å². The Morgan fingerprint density at radius 2 is 1.88 bits per heavy atom. The number of hydrogen-bond donors (Lipinski definition) is 2. The number of carbonyl (C=O) groups excluding carboxylic acids is 2. The predicted octanol–water partition coefficient (Wildman–Crippen LogP) is 2.42. The lowest BCUT2D eigenvalue weighted by Gasteiger charge is -2.36. The number of amides is 3. The van der Waals surface area contributed by atoms with Gasteiger partial charge in [0.25, 0.3) is 0 Å². The summed E-state index contributed by atoms with van der Waals surface area (Å²) in [4.78, 5) is 28.2. The Morgan fingerprint density at radius 1 is 1.17 bits per heavy atom. The van der Waals surface area contributed by atoms with Gasteiger partial charge in [0, 0.05) is 30.5 Å². The quantitative estimate of drug-likeness (QED) is 0.872. The highest BCUT2D eigenvalue weighted by atomic mass is 16.5. The second kappa shape index (κ2) is 7.09. The minimum Gasteiger partial charge on any atom is -0.453 e. The monoisotopic (exact) mass is 332 g/mol. The fourth-order valence-corrected chi connectivity index (χ4v) is 3.59. The number of urea groups is 1. The van der Waals surface area contributed by atoms with E-state index in [0.717, 1.165) is 32.5 Å². The third kappa shape index (κ3) is 3.62. The molecule has 0 bridgehead atoms. The van der Waals surface area contributed by atoms with Gasteiger partial charge in [-0.25, -0.2) is 9.59 Å². The molecule has 2 fully saturated rings. The van der Waals surface area contributed by atoms with Gasteiger partial charge in [0.15, 0.2) is 0 Å². The summed E-state index contributed by atoms with van der Waals surface area (Å²) in [5, 5.41) is 5.53. The van der Waals surface area contributed by atoms with E-state index < -0.39 is 6.09 Å². The van der Waals surface area contributed by atoms with Crippen LogP contribution in [0.4, 0.5) is 21.0 Å². The summed E-state index contributed by atoms with van der Waals surface area (Å²) in [6, 6.07) is 7.26. The molecule has 0 spiro atoms. The molecule has 7 heteroatoms. The second-order valence-corrected chi connectivity index (χ2v) is 6.49. The number of hydrogen-bond acceptors (Lipinski definition) is 4. The van der Waals surface area contributed by atoms with E-state index in [9.17, 15) is 9.59 Å². The molecular weight excluding hydrogens is 308 g/mol. The zero-order valence-electron chi connectivity index (χ0n) is 14.1. The summed E-state index contributed by atoms with van der Waals surface area (Å²) >= 11 is 0. The van der Waals surface area contributed by atoms with Crippen molar-refractivity contribution in [2.45, 2.75) is 18.9 Å². The first-order valence-electron chi connectivity index (χ1n) is 8.28. The highest BCUT2D eigenvalue weighted by molar-refractivity contribution is 5.91. The first-order valence-corrected chi connectivity index (χ1v) is 8.28. The smallest absolute Gasteiger partial charge is 0.411 e.